The molecular formula is C21H30FN5. The number of piperidine rings is 2. The molecule has 2 aromatic rings. The highest BCUT2D eigenvalue weighted by molar-refractivity contribution is 5.16. The third kappa shape index (κ3) is 4.55. The maximum atomic E-state index is 13.1. The van der Waals surface area contributed by atoms with Crippen molar-refractivity contribution < 1.29 is 4.39 Å². The molecule has 0 bridgehead atoms. The van der Waals surface area contributed by atoms with E-state index in [1.807, 2.05) is 12.1 Å². The van der Waals surface area contributed by atoms with Crippen LogP contribution in [0.25, 0.3) is 0 Å². The van der Waals surface area contributed by atoms with Gasteiger partial charge in [-0.2, -0.15) is 0 Å². The average molecular weight is 372 g/mol. The maximum Gasteiger partial charge on any atom is 0.146 e. The number of rotatable bonds is 5. The third-order valence-electron chi connectivity index (χ3n) is 6.00. The Kier molecular flexibility index (Phi) is 5.83. The van der Waals surface area contributed by atoms with E-state index in [1.165, 1.54) is 44.3 Å². The Balaban J connectivity index is 1.39. The van der Waals surface area contributed by atoms with E-state index in [4.69, 9.17) is 0 Å². The molecule has 27 heavy (non-hydrogen) atoms. The number of nitrogens with zero attached hydrogens (tertiary/aromatic N) is 5. The van der Waals surface area contributed by atoms with Crippen LogP contribution in [-0.2, 0) is 20.1 Å². The molecule has 0 saturated carbocycles. The highest BCUT2D eigenvalue weighted by atomic mass is 19.1. The van der Waals surface area contributed by atoms with E-state index in [9.17, 15) is 4.39 Å². The number of benzene rings is 1. The number of aromatic nitrogens is 3. The number of hydrogen-bond acceptors (Lipinski definition) is 4. The van der Waals surface area contributed by atoms with Crippen molar-refractivity contribution in [3.05, 3.63) is 47.3 Å². The van der Waals surface area contributed by atoms with Gasteiger partial charge in [-0.3, -0.25) is 9.80 Å². The van der Waals surface area contributed by atoms with Gasteiger partial charge < -0.3 is 4.57 Å². The molecule has 1 aromatic carbocycles. The predicted molar refractivity (Wildman–Crippen MR) is 104 cm³/mol. The summed E-state index contributed by atoms with van der Waals surface area (Å²) in [7, 11) is 2.12. The molecule has 2 aliphatic heterocycles. The molecule has 6 heteroatoms. The van der Waals surface area contributed by atoms with Crippen LogP contribution >= 0.6 is 0 Å². The summed E-state index contributed by atoms with van der Waals surface area (Å²) in [5.41, 5.74) is 1.17. The Hall–Kier alpha value is -1.79. The summed E-state index contributed by atoms with van der Waals surface area (Å²) >= 11 is 0. The van der Waals surface area contributed by atoms with Crippen molar-refractivity contribution in [3.8, 4) is 0 Å². The minimum absolute atomic E-state index is 0.171. The van der Waals surface area contributed by atoms with Gasteiger partial charge in [0.1, 0.15) is 17.5 Å². The van der Waals surface area contributed by atoms with Crippen LogP contribution in [0.4, 0.5) is 4.39 Å². The first-order valence-electron chi connectivity index (χ1n) is 10.3. The van der Waals surface area contributed by atoms with Crippen molar-refractivity contribution in [1.82, 2.24) is 24.6 Å². The minimum atomic E-state index is -0.171. The SMILES string of the molecule is Cn1c(CN2CCCCC2)nnc1C1CCCN(Cc2ccc(F)cc2)C1. The first-order chi connectivity index (χ1) is 13.2. The lowest BCUT2D eigenvalue weighted by Crippen LogP contribution is -2.35. The van der Waals surface area contributed by atoms with Gasteiger partial charge in [-0.25, -0.2) is 4.39 Å². The second-order valence-electron chi connectivity index (χ2n) is 8.07. The van der Waals surface area contributed by atoms with Crippen molar-refractivity contribution in [2.24, 2.45) is 7.05 Å². The van der Waals surface area contributed by atoms with E-state index in [0.29, 0.717) is 5.92 Å². The van der Waals surface area contributed by atoms with Crippen molar-refractivity contribution in [2.45, 2.75) is 51.1 Å². The maximum absolute atomic E-state index is 13.1. The highest BCUT2D eigenvalue weighted by Gasteiger charge is 2.26. The highest BCUT2D eigenvalue weighted by Crippen LogP contribution is 2.27. The molecule has 1 unspecified atom stereocenters. The van der Waals surface area contributed by atoms with Crippen molar-refractivity contribution >= 4 is 0 Å². The quantitative estimate of drug-likeness (QED) is 0.808. The van der Waals surface area contributed by atoms with E-state index in [2.05, 4.69) is 31.6 Å². The molecule has 2 aliphatic rings. The molecule has 146 valence electrons. The zero-order chi connectivity index (χ0) is 18.6. The lowest BCUT2D eigenvalue weighted by molar-refractivity contribution is 0.194. The molecule has 5 nitrogen and oxygen atoms in total. The van der Waals surface area contributed by atoms with Crippen LogP contribution in [0.15, 0.2) is 24.3 Å². The first kappa shape index (κ1) is 18.6. The van der Waals surface area contributed by atoms with Gasteiger partial charge in [0.15, 0.2) is 0 Å². The van der Waals surface area contributed by atoms with E-state index in [0.717, 1.165) is 44.2 Å². The second kappa shape index (κ2) is 8.48. The number of halogens is 1. The van der Waals surface area contributed by atoms with Gasteiger partial charge in [-0.15, -0.1) is 10.2 Å². The summed E-state index contributed by atoms with van der Waals surface area (Å²) in [6, 6.07) is 6.87. The van der Waals surface area contributed by atoms with Gasteiger partial charge in [0, 0.05) is 26.1 Å². The number of likely N-dealkylation sites (tertiary alicyclic amines) is 2. The molecule has 1 atom stereocenters. The third-order valence-corrected chi connectivity index (χ3v) is 6.00. The van der Waals surface area contributed by atoms with Crippen LogP contribution < -0.4 is 0 Å². The standard InChI is InChI=1S/C21H30FN5/c1-25-20(16-26-11-3-2-4-12-26)23-24-21(25)18-6-5-13-27(15-18)14-17-7-9-19(22)10-8-17/h7-10,18H,2-6,11-16H2,1H3. The lowest BCUT2D eigenvalue weighted by atomic mass is 9.96. The summed E-state index contributed by atoms with van der Waals surface area (Å²) in [6.07, 6.45) is 6.28. The first-order valence-corrected chi connectivity index (χ1v) is 10.3. The Morgan fingerprint density at radius 2 is 1.67 bits per heavy atom. The molecule has 2 saturated heterocycles. The predicted octanol–water partition coefficient (Wildman–Crippen LogP) is 3.32. The minimum Gasteiger partial charge on any atom is -0.317 e. The molecule has 0 radical (unpaired) electrons. The van der Waals surface area contributed by atoms with E-state index in [1.54, 1.807) is 12.1 Å². The van der Waals surface area contributed by atoms with Crippen LogP contribution in [0.3, 0.4) is 0 Å². The molecule has 1 aromatic heterocycles. The second-order valence-corrected chi connectivity index (χ2v) is 8.07. The van der Waals surface area contributed by atoms with Gasteiger partial charge in [0.25, 0.3) is 0 Å². The normalized spacial score (nSPS) is 22.2. The summed E-state index contributed by atoms with van der Waals surface area (Å²) in [6.45, 7) is 6.22. The molecule has 0 N–H and O–H groups in total. The molecule has 2 fully saturated rings. The smallest absolute Gasteiger partial charge is 0.146 e. The Labute approximate surface area is 161 Å². The fourth-order valence-corrected chi connectivity index (χ4v) is 4.44. The summed E-state index contributed by atoms with van der Waals surface area (Å²) in [5, 5.41) is 9.08. The molecule has 0 spiro atoms. The van der Waals surface area contributed by atoms with Crippen LogP contribution in [0.2, 0.25) is 0 Å². The van der Waals surface area contributed by atoms with Crippen LogP contribution in [0, 0.1) is 5.82 Å². The zero-order valence-corrected chi connectivity index (χ0v) is 16.3. The van der Waals surface area contributed by atoms with Crippen LogP contribution in [0.1, 0.15) is 55.2 Å². The molecule has 0 amide bonds. The topological polar surface area (TPSA) is 37.2 Å². The van der Waals surface area contributed by atoms with Gasteiger partial charge >= 0.3 is 0 Å². The zero-order valence-electron chi connectivity index (χ0n) is 16.3. The largest absolute Gasteiger partial charge is 0.317 e. The summed E-state index contributed by atoms with van der Waals surface area (Å²) in [4.78, 5) is 4.96. The van der Waals surface area contributed by atoms with Crippen molar-refractivity contribution in [1.29, 1.82) is 0 Å². The molecule has 4 rings (SSSR count). The average Bonchev–Trinajstić information content (AvgIpc) is 3.05. The Morgan fingerprint density at radius 3 is 2.44 bits per heavy atom. The Morgan fingerprint density at radius 1 is 0.926 bits per heavy atom. The van der Waals surface area contributed by atoms with Gasteiger partial charge in [0.2, 0.25) is 0 Å². The Bertz CT molecular complexity index is 736. The van der Waals surface area contributed by atoms with E-state index < -0.39 is 0 Å². The summed E-state index contributed by atoms with van der Waals surface area (Å²) < 4.78 is 15.4. The summed E-state index contributed by atoms with van der Waals surface area (Å²) in [5.74, 6) is 2.45. The van der Waals surface area contributed by atoms with E-state index >= 15 is 0 Å². The molecule has 3 heterocycles. The van der Waals surface area contributed by atoms with Crippen LogP contribution in [-0.4, -0.2) is 50.7 Å². The number of hydrogen-bond donors (Lipinski definition) is 0. The fraction of sp³-hybridized carbons (Fsp3) is 0.619. The van der Waals surface area contributed by atoms with Gasteiger partial charge in [-0.05, 0) is 63.0 Å². The van der Waals surface area contributed by atoms with Gasteiger partial charge in [0.05, 0.1) is 6.54 Å². The fourth-order valence-electron chi connectivity index (χ4n) is 4.44. The molecule has 0 aliphatic carbocycles. The van der Waals surface area contributed by atoms with E-state index in [-0.39, 0.29) is 5.82 Å². The van der Waals surface area contributed by atoms with Crippen molar-refractivity contribution in [2.75, 3.05) is 26.2 Å². The van der Waals surface area contributed by atoms with Crippen LogP contribution in [0.5, 0.6) is 0 Å². The lowest BCUT2D eigenvalue weighted by Gasteiger charge is -2.32. The molecular weight excluding hydrogens is 341 g/mol. The van der Waals surface area contributed by atoms with Gasteiger partial charge in [-0.1, -0.05) is 18.6 Å². The monoisotopic (exact) mass is 371 g/mol. The van der Waals surface area contributed by atoms with Crippen molar-refractivity contribution in [3.63, 3.8) is 0 Å².